The second-order valence-corrected chi connectivity index (χ2v) is 1.40. The Morgan fingerprint density at radius 3 is 2.75 bits per heavy atom. The average Bonchev–Trinajstić information content (AvgIpc) is 1.66. The Hall–Kier alpha value is -0.860. The Bertz CT molecular complexity index is 122. The maximum Gasteiger partial charge on any atom is 0.218 e. The van der Waals surface area contributed by atoms with Gasteiger partial charge in [0.2, 0.25) is 7.28 Å². The zero-order valence-corrected chi connectivity index (χ0v) is 4.63. The Morgan fingerprint density at radius 2 is 2.38 bits per heavy atom. The van der Waals surface area contributed by atoms with Gasteiger partial charge < -0.3 is 4.79 Å². The van der Waals surface area contributed by atoms with Crippen molar-refractivity contribution < 1.29 is 4.79 Å². The van der Waals surface area contributed by atoms with E-state index in [2.05, 4.69) is 5.18 Å². The van der Waals surface area contributed by atoms with E-state index in [1.807, 2.05) is 0 Å². The minimum Gasteiger partial charge on any atom is -0.323 e. The minimum atomic E-state index is 0.0323. The molecule has 0 unspecified atom stereocenters. The van der Waals surface area contributed by atoms with Gasteiger partial charge in [-0.15, -0.1) is 4.91 Å². The van der Waals surface area contributed by atoms with Crippen LogP contribution >= 0.6 is 0 Å². The molecule has 0 aliphatic rings. The van der Waals surface area contributed by atoms with Crippen LogP contribution in [0.25, 0.3) is 0 Å². The molecule has 0 radical (unpaired) electrons. The van der Waals surface area contributed by atoms with E-state index in [1.165, 1.54) is 13.8 Å². The summed E-state index contributed by atoms with van der Waals surface area (Å²) < 4.78 is 0. The van der Waals surface area contributed by atoms with Crippen LogP contribution in [-0.2, 0) is 0 Å². The Morgan fingerprint density at radius 1 is 1.75 bits per heavy atom. The van der Waals surface area contributed by atoms with Gasteiger partial charge in [0.25, 0.3) is 0 Å². The molecule has 0 saturated heterocycles. The van der Waals surface area contributed by atoms with E-state index >= 15 is 0 Å². The van der Waals surface area contributed by atoms with Gasteiger partial charge in [0.15, 0.2) is 7.85 Å². The molecule has 0 saturated carbocycles. The monoisotopic (exact) mass is 109 g/mol. The number of carbonyl (C=O) groups is 1. The number of hydrogen-bond acceptors (Lipinski definition) is 3. The lowest BCUT2D eigenvalue weighted by molar-refractivity contribution is 0.274. The Balaban J connectivity index is 3.29. The third-order valence-corrected chi connectivity index (χ3v) is 0.572. The van der Waals surface area contributed by atoms with Crippen molar-refractivity contribution in [3.8, 4) is 0 Å². The highest BCUT2D eigenvalue weighted by Crippen LogP contribution is 1.71. The van der Waals surface area contributed by atoms with E-state index < -0.39 is 0 Å². The highest BCUT2D eigenvalue weighted by Gasteiger charge is 1.87. The highest BCUT2D eigenvalue weighted by atomic mass is 16.2. The SMILES string of the molecule is BC(=O)B/C=C\N=O. The van der Waals surface area contributed by atoms with Crippen molar-refractivity contribution >= 4 is 20.7 Å². The van der Waals surface area contributed by atoms with Crippen LogP contribution in [0, 0.1) is 4.91 Å². The van der Waals surface area contributed by atoms with Gasteiger partial charge in [-0.05, 0) is 5.18 Å². The summed E-state index contributed by atoms with van der Waals surface area (Å²) in [7, 11) is 1.75. The van der Waals surface area contributed by atoms with E-state index in [9.17, 15) is 9.70 Å². The molecular weight excluding hydrogens is 104 g/mol. The number of nitrogens with zero attached hydrogens (tertiary/aromatic N) is 1. The molecule has 8 heavy (non-hydrogen) atoms. The van der Waals surface area contributed by atoms with Gasteiger partial charge in [-0.25, -0.2) is 0 Å². The molecule has 0 spiro atoms. The molecule has 0 amide bonds. The van der Waals surface area contributed by atoms with E-state index in [-0.39, 0.29) is 5.58 Å². The first-order valence-electron chi connectivity index (χ1n) is 2.24. The van der Waals surface area contributed by atoms with Crippen LogP contribution in [-0.4, -0.2) is 20.7 Å². The second-order valence-electron chi connectivity index (χ2n) is 1.40. The molecule has 3 nitrogen and oxygen atoms in total. The lowest BCUT2D eigenvalue weighted by Crippen LogP contribution is -2.01. The summed E-state index contributed by atoms with van der Waals surface area (Å²) in [6.45, 7) is 0. The smallest absolute Gasteiger partial charge is 0.218 e. The first-order chi connectivity index (χ1) is 3.77. The summed E-state index contributed by atoms with van der Waals surface area (Å²) in [5, 5.41) is 2.42. The predicted molar refractivity (Wildman–Crippen MR) is 36.0 cm³/mol. The molecule has 0 aliphatic heterocycles. The van der Waals surface area contributed by atoms with E-state index in [0.29, 0.717) is 7.28 Å². The van der Waals surface area contributed by atoms with Crippen molar-refractivity contribution in [2.75, 3.05) is 0 Å². The molecule has 0 N–H and O–H groups in total. The van der Waals surface area contributed by atoms with Gasteiger partial charge in [-0.2, -0.15) is 0 Å². The maximum absolute atomic E-state index is 10.1. The van der Waals surface area contributed by atoms with Crippen LogP contribution in [0.5, 0.6) is 0 Å². The van der Waals surface area contributed by atoms with Gasteiger partial charge in [0, 0.05) is 5.58 Å². The summed E-state index contributed by atoms with van der Waals surface area (Å²) in [6, 6.07) is 0. The lowest BCUT2D eigenvalue weighted by atomic mass is 9.65. The number of hydrogen-bond donors (Lipinski definition) is 0. The highest BCUT2D eigenvalue weighted by molar-refractivity contribution is 6.98. The molecule has 0 aromatic rings. The quantitative estimate of drug-likeness (QED) is 0.359. The van der Waals surface area contributed by atoms with Crippen LogP contribution in [0.2, 0.25) is 0 Å². The summed E-state index contributed by atoms with van der Waals surface area (Å²) in [5.41, 5.74) is 0.0323. The molecule has 0 bridgehead atoms. The Kier molecular flexibility index (Phi) is 3.84. The van der Waals surface area contributed by atoms with Crippen molar-refractivity contribution in [1.82, 2.24) is 0 Å². The lowest BCUT2D eigenvalue weighted by Gasteiger charge is -1.73. The second kappa shape index (κ2) is 4.30. The zero-order valence-electron chi connectivity index (χ0n) is 4.63. The molecule has 0 fully saturated rings. The van der Waals surface area contributed by atoms with Crippen LogP contribution in [0.4, 0.5) is 4.79 Å². The fraction of sp³-hybridized carbons (Fsp3) is 0. The third-order valence-electron chi connectivity index (χ3n) is 0.572. The first kappa shape index (κ1) is 7.14. The van der Waals surface area contributed by atoms with Crippen molar-refractivity contribution in [2.45, 2.75) is 0 Å². The van der Waals surface area contributed by atoms with Crippen LogP contribution in [0.3, 0.4) is 0 Å². The molecule has 0 aromatic carbocycles. The molecule has 0 atom stereocenters. The molecular formula is C3H5B2NO2. The number of rotatable bonds is 3. The molecule has 0 heterocycles. The van der Waals surface area contributed by atoms with E-state index in [1.54, 1.807) is 0 Å². The van der Waals surface area contributed by atoms with Gasteiger partial charge in [0.05, 0.1) is 6.20 Å². The third kappa shape index (κ3) is 5.14. The van der Waals surface area contributed by atoms with Crippen LogP contribution < -0.4 is 0 Å². The Labute approximate surface area is 48.8 Å². The summed E-state index contributed by atoms with van der Waals surface area (Å²) in [5.74, 6) is 1.43. The van der Waals surface area contributed by atoms with Crippen LogP contribution in [0.15, 0.2) is 17.4 Å². The fourth-order valence-corrected chi connectivity index (χ4v) is 0.262. The number of carbonyl (C=O) groups excluding carboxylic acids is 1. The van der Waals surface area contributed by atoms with Gasteiger partial charge in [-0.1, -0.05) is 5.98 Å². The van der Waals surface area contributed by atoms with Crippen molar-refractivity contribution in [3.63, 3.8) is 0 Å². The largest absolute Gasteiger partial charge is 0.323 e. The van der Waals surface area contributed by atoms with Gasteiger partial charge >= 0.3 is 0 Å². The van der Waals surface area contributed by atoms with Crippen molar-refractivity contribution in [3.05, 3.63) is 17.1 Å². The van der Waals surface area contributed by atoms with E-state index in [4.69, 9.17) is 0 Å². The summed E-state index contributed by atoms with van der Waals surface area (Å²) in [4.78, 5) is 19.5. The average molecular weight is 109 g/mol. The van der Waals surface area contributed by atoms with Gasteiger partial charge in [-0.3, -0.25) is 0 Å². The molecule has 0 rings (SSSR count). The molecule has 0 aromatic heterocycles. The van der Waals surface area contributed by atoms with Crippen molar-refractivity contribution in [2.24, 2.45) is 5.18 Å². The maximum atomic E-state index is 10.1. The number of nitroso groups, excluding NO2 is 1. The van der Waals surface area contributed by atoms with Gasteiger partial charge in [0.1, 0.15) is 0 Å². The standard InChI is InChI=1S/C3H5B2NO2/c4-3(7)5-1-2-6-8/h1-2,5H,4H2/b2-1-. The van der Waals surface area contributed by atoms with E-state index in [0.717, 1.165) is 6.20 Å². The van der Waals surface area contributed by atoms with Crippen LogP contribution in [0.1, 0.15) is 0 Å². The topological polar surface area (TPSA) is 46.5 Å². The summed E-state index contributed by atoms with van der Waals surface area (Å²) >= 11 is 0. The zero-order chi connectivity index (χ0) is 6.41. The normalized spacial score (nSPS) is 9.00. The minimum absolute atomic E-state index is 0.0323. The molecule has 40 valence electrons. The van der Waals surface area contributed by atoms with Crippen molar-refractivity contribution in [1.29, 1.82) is 0 Å². The fourth-order valence-electron chi connectivity index (χ4n) is 0.262. The summed E-state index contributed by atoms with van der Waals surface area (Å²) in [6.07, 6.45) is 1.07. The first-order valence-corrected chi connectivity index (χ1v) is 2.24. The predicted octanol–water partition coefficient (Wildman–Crippen LogP) is -0.586. The molecule has 5 heteroatoms. The molecule has 0 aliphatic carbocycles.